The third kappa shape index (κ3) is 4.81. The molecule has 0 bridgehead atoms. The molecule has 4 nitrogen and oxygen atoms in total. The standard InChI is InChI=1S/C26H32N2O2/c1-18-8-7-9-23(19(18)2)20(3)24-27-15-16-28(24)25(29)30-17-14-21-10-12-22(13-11-21)26(4,5)6/h7-13,15-16,20H,14,17H2,1-6H3. The van der Waals surface area contributed by atoms with Crippen LogP contribution in [0.15, 0.2) is 54.9 Å². The maximum absolute atomic E-state index is 12.7. The first kappa shape index (κ1) is 21.8. The van der Waals surface area contributed by atoms with Crippen molar-refractivity contribution in [2.24, 2.45) is 0 Å². The average Bonchev–Trinajstić information content (AvgIpc) is 3.19. The molecule has 158 valence electrons. The Morgan fingerprint density at radius 1 is 1.10 bits per heavy atom. The van der Waals surface area contributed by atoms with Crippen LogP contribution in [-0.2, 0) is 16.6 Å². The van der Waals surface area contributed by atoms with Crippen LogP contribution in [-0.4, -0.2) is 22.3 Å². The maximum atomic E-state index is 12.7. The number of aryl methyl sites for hydroxylation is 1. The molecule has 3 aromatic rings. The Hall–Kier alpha value is -2.88. The Bertz CT molecular complexity index is 1010. The molecule has 0 N–H and O–H groups in total. The molecule has 3 rings (SSSR count). The molecule has 2 aromatic carbocycles. The van der Waals surface area contributed by atoms with Crippen LogP contribution in [0.4, 0.5) is 4.79 Å². The highest BCUT2D eigenvalue weighted by Crippen LogP contribution is 2.27. The van der Waals surface area contributed by atoms with Crippen LogP contribution in [0.5, 0.6) is 0 Å². The molecular formula is C26H32N2O2. The van der Waals surface area contributed by atoms with Crippen LogP contribution in [0, 0.1) is 13.8 Å². The number of hydrogen-bond donors (Lipinski definition) is 0. The molecule has 0 aliphatic carbocycles. The van der Waals surface area contributed by atoms with Crippen LogP contribution in [0.2, 0.25) is 0 Å². The molecule has 1 unspecified atom stereocenters. The summed E-state index contributed by atoms with van der Waals surface area (Å²) in [5.74, 6) is 0.695. The predicted octanol–water partition coefficient (Wildman–Crippen LogP) is 6.18. The van der Waals surface area contributed by atoms with Crippen molar-refractivity contribution in [2.45, 2.75) is 59.3 Å². The van der Waals surface area contributed by atoms with E-state index in [1.807, 2.05) is 6.07 Å². The molecule has 0 spiro atoms. The molecule has 0 aliphatic rings. The zero-order valence-corrected chi connectivity index (χ0v) is 18.9. The van der Waals surface area contributed by atoms with E-state index in [4.69, 9.17) is 4.74 Å². The van der Waals surface area contributed by atoms with E-state index in [1.165, 1.54) is 26.8 Å². The van der Waals surface area contributed by atoms with E-state index in [2.05, 4.69) is 82.9 Å². The minimum absolute atomic E-state index is 0.00241. The Balaban J connectivity index is 1.65. The number of benzene rings is 2. The molecule has 0 fully saturated rings. The van der Waals surface area contributed by atoms with Crippen LogP contribution in [0.3, 0.4) is 0 Å². The van der Waals surface area contributed by atoms with Gasteiger partial charge in [0.1, 0.15) is 5.82 Å². The van der Waals surface area contributed by atoms with E-state index in [-0.39, 0.29) is 17.4 Å². The second-order valence-corrected chi connectivity index (χ2v) is 8.98. The van der Waals surface area contributed by atoms with E-state index < -0.39 is 0 Å². The zero-order chi connectivity index (χ0) is 21.9. The summed E-state index contributed by atoms with van der Waals surface area (Å²) in [6.07, 6.45) is 3.64. The Morgan fingerprint density at radius 2 is 1.80 bits per heavy atom. The first-order valence-corrected chi connectivity index (χ1v) is 10.5. The van der Waals surface area contributed by atoms with Crippen LogP contribution in [0.1, 0.15) is 67.3 Å². The minimum Gasteiger partial charge on any atom is -0.449 e. The lowest BCUT2D eigenvalue weighted by Gasteiger charge is -2.19. The van der Waals surface area contributed by atoms with Gasteiger partial charge in [-0.25, -0.2) is 14.3 Å². The molecule has 0 aliphatic heterocycles. The number of hydrogen-bond acceptors (Lipinski definition) is 3. The van der Waals surface area contributed by atoms with Gasteiger partial charge in [-0.3, -0.25) is 0 Å². The van der Waals surface area contributed by atoms with E-state index in [1.54, 1.807) is 12.4 Å². The third-order valence-electron chi connectivity index (χ3n) is 5.80. The summed E-state index contributed by atoms with van der Waals surface area (Å²) >= 11 is 0. The van der Waals surface area contributed by atoms with Gasteiger partial charge in [-0.2, -0.15) is 0 Å². The lowest BCUT2D eigenvalue weighted by Crippen LogP contribution is -2.19. The van der Waals surface area contributed by atoms with Crippen molar-refractivity contribution in [3.05, 3.63) is 88.5 Å². The van der Waals surface area contributed by atoms with E-state index in [9.17, 15) is 4.79 Å². The monoisotopic (exact) mass is 404 g/mol. The molecule has 0 radical (unpaired) electrons. The fraction of sp³-hybridized carbons (Fsp3) is 0.385. The highest BCUT2D eigenvalue weighted by Gasteiger charge is 2.20. The summed E-state index contributed by atoms with van der Waals surface area (Å²) in [5.41, 5.74) is 6.23. The van der Waals surface area contributed by atoms with Gasteiger partial charge in [0.05, 0.1) is 6.61 Å². The van der Waals surface area contributed by atoms with Gasteiger partial charge in [-0.15, -0.1) is 0 Å². The molecule has 30 heavy (non-hydrogen) atoms. The third-order valence-corrected chi connectivity index (χ3v) is 5.80. The van der Waals surface area contributed by atoms with Crippen molar-refractivity contribution < 1.29 is 9.53 Å². The van der Waals surface area contributed by atoms with Gasteiger partial charge in [0.25, 0.3) is 0 Å². The van der Waals surface area contributed by atoms with Crippen molar-refractivity contribution in [3.8, 4) is 0 Å². The highest BCUT2D eigenvalue weighted by molar-refractivity contribution is 5.71. The smallest absolute Gasteiger partial charge is 0.419 e. The normalized spacial score (nSPS) is 12.6. The zero-order valence-electron chi connectivity index (χ0n) is 18.9. The summed E-state index contributed by atoms with van der Waals surface area (Å²) in [4.78, 5) is 17.1. The number of imidazole rings is 1. The van der Waals surface area contributed by atoms with Gasteiger partial charge in [-0.05, 0) is 47.1 Å². The quantitative estimate of drug-likeness (QED) is 0.510. The number of rotatable bonds is 5. The van der Waals surface area contributed by atoms with Gasteiger partial charge in [0, 0.05) is 24.7 Å². The van der Waals surface area contributed by atoms with Crippen molar-refractivity contribution >= 4 is 6.09 Å². The Morgan fingerprint density at radius 3 is 2.47 bits per heavy atom. The number of carbonyl (C=O) groups excluding carboxylic acids is 1. The van der Waals surface area contributed by atoms with Gasteiger partial charge in [-0.1, -0.05) is 70.2 Å². The molecular weight excluding hydrogens is 372 g/mol. The summed E-state index contributed by atoms with van der Waals surface area (Å²) in [6.45, 7) is 13.2. The first-order chi connectivity index (χ1) is 14.2. The van der Waals surface area contributed by atoms with Crippen LogP contribution >= 0.6 is 0 Å². The Kier molecular flexibility index (Phi) is 6.45. The summed E-state index contributed by atoms with van der Waals surface area (Å²) in [5, 5.41) is 0. The number of carbonyl (C=O) groups is 1. The second kappa shape index (κ2) is 8.86. The average molecular weight is 405 g/mol. The number of nitrogens with zero attached hydrogens (tertiary/aromatic N) is 2. The highest BCUT2D eigenvalue weighted by atomic mass is 16.5. The van der Waals surface area contributed by atoms with Gasteiger partial charge < -0.3 is 4.74 Å². The molecule has 0 amide bonds. The number of ether oxygens (including phenoxy) is 1. The van der Waals surface area contributed by atoms with Crippen molar-refractivity contribution in [3.63, 3.8) is 0 Å². The molecule has 0 saturated carbocycles. The summed E-state index contributed by atoms with van der Waals surface area (Å²) < 4.78 is 7.08. The molecule has 1 aromatic heterocycles. The lowest BCUT2D eigenvalue weighted by molar-refractivity contribution is 0.148. The fourth-order valence-electron chi connectivity index (χ4n) is 3.67. The van der Waals surface area contributed by atoms with E-state index in [0.717, 1.165) is 5.56 Å². The lowest BCUT2D eigenvalue weighted by atomic mass is 9.86. The molecule has 0 saturated heterocycles. The summed E-state index contributed by atoms with van der Waals surface area (Å²) in [7, 11) is 0. The minimum atomic E-state index is -0.383. The molecule has 1 atom stereocenters. The van der Waals surface area contributed by atoms with E-state index in [0.29, 0.717) is 18.9 Å². The maximum Gasteiger partial charge on any atom is 0.419 e. The predicted molar refractivity (Wildman–Crippen MR) is 121 cm³/mol. The van der Waals surface area contributed by atoms with Crippen LogP contribution < -0.4 is 0 Å². The van der Waals surface area contributed by atoms with Gasteiger partial charge in [0.15, 0.2) is 0 Å². The second-order valence-electron chi connectivity index (χ2n) is 8.98. The van der Waals surface area contributed by atoms with Crippen LogP contribution in [0.25, 0.3) is 0 Å². The van der Waals surface area contributed by atoms with Gasteiger partial charge in [0.2, 0.25) is 0 Å². The topological polar surface area (TPSA) is 44.1 Å². The summed E-state index contributed by atoms with van der Waals surface area (Å²) in [6, 6.07) is 14.8. The molecule has 4 heteroatoms. The van der Waals surface area contributed by atoms with Crippen molar-refractivity contribution in [1.82, 2.24) is 9.55 Å². The Labute approximate surface area is 179 Å². The largest absolute Gasteiger partial charge is 0.449 e. The van der Waals surface area contributed by atoms with E-state index >= 15 is 0 Å². The van der Waals surface area contributed by atoms with Crippen molar-refractivity contribution in [2.75, 3.05) is 6.61 Å². The SMILES string of the molecule is Cc1cccc(C(C)c2nccn2C(=O)OCCc2ccc(C(C)(C)C)cc2)c1C. The molecule has 1 heterocycles. The fourth-order valence-corrected chi connectivity index (χ4v) is 3.67. The first-order valence-electron chi connectivity index (χ1n) is 10.5. The van der Waals surface area contributed by atoms with Crippen molar-refractivity contribution in [1.29, 1.82) is 0 Å². The number of aromatic nitrogens is 2. The van der Waals surface area contributed by atoms with Gasteiger partial charge >= 0.3 is 6.09 Å².